The Morgan fingerprint density at radius 3 is 2.62 bits per heavy atom. The molecule has 0 radical (unpaired) electrons. The van der Waals surface area contributed by atoms with Crippen molar-refractivity contribution >= 4 is 11.3 Å². The fourth-order valence-electron chi connectivity index (χ4n) is 2.53. The van der Waals surface area contributed by atoms with Gasteiger partial charge in [-0.1, -0.05) is 32.9 Å². The molecule has 6 nitrogen and oxygen atoms in total. The summed E-state index contributed by atoms with van der Waals surface area (Å²) in [6, 6.07) is 0. The second-order valence-electron chi connectivity index (χ2n) is 6.58. The molecular weight excluding hydrogens is 322 g/mol. The summed E-state index contributed by atoms with van der Waals surface area (Å²) in [5.74, 6) is 2.42. The minimum Gasteiger partial charge on any atom is -0.348 e. The number of nitrogens with one attached hydrogen (secondary N) is 1. The molecule has 0 bridgehead atoms. The summed E-state index contributed by atoms with van der Waals surface area (Å²) >= 11 is 1.76. The first-order valence-corrected chi connectivity index (χ1v) is 9.10. The fourth-order valence-corrected chi connectivity index (χ4v) is 3.62. The lowest BCUT2D eigenvalue weighted by molar-refractivity contribution is 0.365. The quantitative estimate of drug-likeness (QED) is 0.698. The van der Waals surface area contributed by atoms with Gasteiger partial charge in [0.15, 0.2) is 5.82 Å². The molecule has 0 saturated heterocycles. The molecule has 3 rings (SSSR count). The lowest BCUT2D eigenvalue weighted by atomic mass is 10.0. The molecule has 7 heteroatoms. The van der Waals surface area contributed by atoms with Crippen LogP contribution in [0.5, 0.6) is 0 Å². The lowest BCUT2D eigenvalue weighted by Crippen LogP contribution is -1.99. The molecule has 2 unspecified atom stereocenters. The zero-order valence-corrected chi connectivity index (χ0v) is 15.3. The van der Waals surface area contributed by atoms with Crippen molar-refractivity contribution in [2.75, 3.05) is 0 Å². The van der Waals surface area contributed by atoms with E-state index in [9.17, 15) is 0 Å². The van der Waals surface area contributed by atoms with E-state index in [1.807, 2.05) is 12.4 Å². The maximum atomic E-state index is 5.34. The summed E-state index contributed by atoms with van der Waals surface area (Å²) in [6.07, 6.45) is 7.28. The van der Waals surface area contributed by atoms with E-state index < -0.39 is 0 Å². The lowest BCUT2D eigenvalue weighted by Gasteiger charge is -2.07. The van der Waals surface area contributed by atoms with Gasteiger partial charge in [0, 0.05) is 47.1 Å². The average molecular weight is 345 g/mol. The zero-order chi connectivity index (χ0) is 17.1. The van der Waals surface area contributed by atoms with Crippen LogP contribution >= 0.6 is 11.3 Å². The smallest absolute Gasteiger partial charge is 0.227 e. The highest BCUT2D eigenvalue weighted by molar-refractivity contribution is 7.11. The van der Waals surface area contributed by atoms with Crippen LogP contribution in [0, 0.1) is 0 Å². The number of thiazole rings is 1. The molecule has 0 aliphatic heterocycles. The Morgan fingerprint density at radius 1 is 1.12 bits per heavy atom. The molecule has 128 valence electrons. The monoisotopic (exact) mass is 345 g/mol. The second-order valence-corrected chi connectivity index (χ2v) is 7.73. The average Bonchev–Trinajstić information content (AvgIpc) is 3.28. The van der Waals surface area contributed by atoms with E-state index >= 15 is 0 Å². The molecule has 1 N–H and O–H groups in total. The van der Waals surface area contributed by atoms with Crippen LogP contribution in [-0.2, 0) is 12.8 Å². The van der Waals surface area contributed by atoms with Crippen LogP contribution in [0.4, 0.5) is 0 Å². The van der Waals surface area contributed by atoms with Crippen molar-refractivity contribution in [1.29, 1.82) is 0 Å². The number of rotatable bonds is 7. The van der Waals surface area contributed by atoms with Crippen LogP contribution in [-0.4, -0.2) is 25.1 Å². The number of imidazole rings is 1. The standard InChI is InChI=1S/C17H23N5OS/c1-10(2)16-21-15(23-22-16)6-12(4)17-19-7-13(24-17)5-11(3)14-8-18-9-20-14/h7-12H,5-6H2,1-4H3,(H,18,20). The Bertz CT molecular complexity index is 762. The predicted molar refractivity (Wildman–Crippen MR) is 93.3 cm³/mol. The Kier molecular flexibility index (Phi) is 5.08. The van der Waals surface area contributed by atoms with Crippen molar-refractivity contribution in [2.45, 2.75) is 58.3 Å². The van der Waals surface area contributed by atoms with Gasteiger partial charge in [0.25, 0.3) is 0 Å². The number of hydrogen-bond donors (Lipinski definition) is 1. The van der Waals surface area contributed by atoms with Gasteiger partial charge in [0.05, 0.1) is 11.3 Å². The normalized spacial score (nSPS) is 14.2. The third-order valence-corrected chi connectivity index (χ3v) is 5.28. The van der Waals surface area contributed by atoms with E-state index in [0.717, 1.165) is 29.4 Å². The summed E-state index contributed by atoms with van der Waals surface area (Å²) in [5, 5.41) is 5.14. The van der Waals surface area contributed by atoms with Crippen molar-refractivity contribution in [2.24, 2.45) is 0 Å². The third-order valence-electron chi connectivity index (χ3n) is 4.03. The molecule has 0 aliphatic rings. The molecule has 3 aromatic heterocycles. The van der Waals surface area contributed by atoms with E-state index in [1.54, 1.807) is 17.7 Å². The minimum atomic E-state index is 0.270. The molecule has 0 aromatic carbocycles. The molecule has 0 amide bonds. The van der Waals surface area contributed by atoms with Gasteiger partial charge < -0.3 is 9.51 Å². The number of hydrogen-bond acceptors (Lipinski definition) is 6. The third kappa shape index (κ3) is 3.90. The molecule has 2 atom stereocenters. The number of aromatic nitrogens is 5. The van der Waals surface area contributed by atoms with Crippen LogP contribution in [0.15, 0.2) is 23.2 Å². The summed E-state index contributed by atoms with van der Waals surface area (Å²) in [6.45, 7) is 8.47. The van der Waals surface area contributed by atoms with Crippen LogP contribution in [0.25, 0.3) is 0 Å². The molecule has 24 heavy (non-hydrogen) atoms. The van der Waals surface area contributed by atoms with E-state index in [-0.39, 0.29) is 11.8 Å². The van der Waals surface area contributed by atoms with E-state index in [4.69, 9.17) is 4.52 Å². The molecular formula is C17H23N5OS. The van der Waals surface area contributed by atoms with Crippen LogP contribution in [0.1, 0.15) is 72.7 Å². The van der Waals surface area contributed by atoms with Crippen LogP contribution in [0.2, 0.25) is 0 Å². The maximum Gasteiger partial charge on any atom is 0.227 e. The topological polar surface area (TPSA) is 80.5 Å². The molecule has 3 heterocycles. The number of aromatic amines is 1. The van der Waals surface area contributed by atoms with E-state index in [1.165, 1.54) is 4.88 Å². The van der Waals surface area contributed by atoms with Crippen molar-refractivity contribution in [3.05, 3.63) is 46.0 Å². The first-order chi connectivity index (χ1) is 11.5. The predicted octanol–water partition coefficient (Wildman–Crippen LogP) is 4.07. The number of H-pyrrole nitrogens is 1. The van der Waals surface area contributed by atoms with Gasteiger partial charge in [-0.05, 0) is 6.42 Å². The van der Waals surface area contributed by atoms with Crippen LogP contribution < -0.4 is 0 Å². The van der Waals surface area contributed by atoms with E-state index in [2.05, 4.69) is 52.8 Å². The van der Waals surface area contributed by atoms with Crippen molar-refractivity contribution in [1.82, 2.24) is 25.1 Å². The van der Waals surface area contributed by atoms with E-state index in [0.29, 0.717) is 11.8 Å². The van der Waals surface area contributed by atoms with Gasteiger partial charge in [-0.25, -0.2) is 9.97 Å². The van der Waals surface area contributed by atoms with Gasteiger partial charge in [-0.15, -0.1) is 11.3 Å². The van der Waals surface area contributed by atoms with Crippen molar-refractivity contribution in [3.63, 3.8) is 0 Å². The fraction of sp³-hybridized carbons (Fsp3) is 0.529. The minimum absolute atomic E-state index is 0.270. The molecule has 0 saturated carbocycles. The van der Waals surface area contributed by atoms with Gasteiger partial charge in [0.2, 0.25) is 5.89 Å². The largest absolute Gasteiger partial charge is 0.348 e. The SMILES string of the molecule is CC(C)c1noc(CC(C)c2ncc(CC(C)c3cnc[nH]3)s2)n1. The zero-order valence-electron chi connectivity index (χ0n) is 14.5. The summed E-state index contributed by atoms with van der Waals surface area (Å²) < 4.78 is 5.34. The molecule has 0 fully saturated rings. The highest BCUT2D eigenvalue weighted by Gasteiger charge is 2.18. The summed E-state index contributed by atoms with van der Waals surface area (Å²) in [5.41, 5.74) is 1.16. The summed E-state index contributed by atoms with van der Waals surface area (Å²) in [7, 11) is 0. The highest BCUT2D eigenvalue weighted by atomic mass is 32.1. The Balaban J connectivity index is 1.61. The highest BCUT2D eigenvalue weighted by Crippen LogP contribution is 2.28. The summed E-state index contributed by atoms with van der Waals surface area (Å²) in [4.78, 5) is 17.6. The number of nitrogens with zero attached hydrogens (tertiary/aromatic N) is 4. The molecule has 3 aromatic rings. The van der Waals surface area contributed by atoms with Crippen molar-refractivity contribution in [3.8, 4) is 0 Å². The first kappa shape index (κ1) is 16.8. The van der Waals surface area contributed by atoms with Gasteiger partial charge >= 0.3 is 0 Å². The van der Waals surface area contributed by atoms with Gasteiger partial charge in [-0.2, -0.15) is 4.98 Å². The Labute approximate surface area is 145 Å². The second kappa shape index (κ2) is 7.25. The first-order valence-electron chi connectivity index (χ1n) is 8.28. The van der Waals surface area contributed by atoms with Crippen molar-refractivity contribution < 1.29 is 4.52 Å². The Hall–Kier alpha value is -2.02. The molecule has 0 aliphatic carbocycles. The Morgan fingerprint density at radius 2 is 1.96 bits per heavy atom. The molecule has 0 spiro atoms. The maximum absolute atomic E-state index is 5.34. The van der Waals surface area contributed by atoms with Gasteiger partial charge in [0.1, 0.15) is 0 Å². The van der Waals surface area contributed by atoms with Gasteiger partial charge in [-0.3, -0.25) is 0 Å². The van der Waals surface area contributed by atoms with Crippen LogP contribution in [0.3, 0.4) is 0 Å².